The van der Waals surface area contributed by atoms with Gasteiger partial charge in [0.2, 0.25) is 0 Å². The second kappa shape index (κ2) is 11.3. The molecule has 32 heavy (non-hydrogen) atoms. The first-order chi connectivity index (χ1) is 14.0. The van der Waals surface area contributed by atoms with Crippen LogP contribution in [0.3, 0.4) is 0 Å². The monoisotopic (exact) mass is 895 g/mol. The molecule has 2 aromatic rings. The van der Waals surface area contributed by atoms with E-state index in [2.05, 4.69) is 24.3 Å². The van der Waals surface area contributed by atoms with Crippen molar-refractivity contribution in [1.82, 2.24) is 0 Å². The SMILES string of the molecule is CC1=[C-]C(O/C=C2/C(=O)OC3Cc4ccccc4C23)N(c2c[c-]c(C)[c-]c2)C1=O.[U].[W].[Y]. The Morgan fingerprint density at radius 2 is 1.84 bits per heavy atom. The van der Waals surface area contributed by atoms with Gasteiger partial charge >= 0.3 is 5.97 Å². The number of aryl methyl sites for hydroxylation is 1. The summed E-state index contributed by atoms with van der Waals surface area (Å²) in [5.41, 5.74) is 4.69. The average molecular weight is 895 g/mol. The van der Waals surface area contributed by atoms with Crippen LogP contribution in [0.5, 0.6) is 0 Å². The maximum atomic E-state index is 12.6. The second-order valence-corrected chi connectivity index (χ2v) is 7.46. The second-order valence-electron chi connectivity index (χ2n) is 7.46. The number of nitrogens with zero attached hydrogens (tertiary/aromatic N) is 1. The number of benzene rings is 2. The Bertz CT molecular complexity index is 1090. The summed E-state index contributed by atoms with van der Waals surface area (Å²) in [4.78, 5) is 26.5. The number of carbonyl (C=O) groups excluding carboxylic acids is 2. The molecule has 3 aliphatic rings. The number of ether oxygens (including phenoxy) is 2. The minimum atomic E-state index is -0.761. The summed E-state index contributed by atoms with van der Waals surface area (Å²) in [5.74, 6) is -0.712. The van der Waals surface area contributed by atoms with Crippen molar-refractivity contribution in [2.24, 2.45) is 0 Å². The summed E-state index contributed by atoms with van der Waals surface area (Å²) >= 11 is 0. The van der Waals surface area contributed by atoms with Gasteiger partial charge in [0.05, 0.1) is 29.9 Å². The van der Waals surface area contributed by atoms with Gasteiger partial charge in [-0.2, -0.15) is 5.57 Å². The molecule has 5 nitrogen and oxygen atoms in total. The van der Waals surface area contributed by atoms with Crippen molar-refractivity contribution < 1.29 is 104 Å². The molecule has 1 amide bonds. The number of fused-ring (bicyclic) bond motifs is 3. The topological polar surface area (TPSA) is 55.8 Å². The molecule has 0 saturated carbocycles. The van der Waals surface area contributed by atoms with Crippen LogP contribution in [0.1, 0.15) is 29.5 Å². The van der Waals surface area contributed by atoms with Crippen molar-refractivity contribution in [3.63, 3.8) is 0 Å². The molecule has 159 valence electrons. The van der Waals surface area contributed by atoms with Gasteiger partial charge in [0.25, 0.3) is 0 Å². The van der Waals surface area contributed by atoms with Crippen molar-refractivity contribution in [2.45, 2.75) is 38.5 Å². The van der Waals surface area contributed by atoms with Gasteiger partial charge in [0, 0.05) is 91.3 Å². The minimum absolute atomic E-state index is 0. The maximum Gasteiger partial charge on any atom is 0.338 e. The van der Waals surface area contributed by atoms with Crippen molar-refractivity contribution in [3.8, 4) is 0 Å². The number of rotatable bonds is 3. The first-order valence-electron chi connectivity index (χ1n) is 9.51. The van der Waals surface area contributed by atoms with Crippen LogP contribution in [0, 0.1) is 56.2 Å². The fourth-order valence-corrected chi connectivity index (χ4v) is 4.16. The Morgan fingerprint density at radius 3 is 2.56 bits per heavy atom. The van der Waals surface area contributed by atoms with Gasteiger partial charge in [-0.25, -0.2) is 16.6 Å². The van der Waals surface area contributed by atoms with E-state index in [4.69, 9.17) is 9.47 Å². The number of hydrogen-bond donors (Lipinski definition) is 0. The average Bonchev–Trinajstić information content (AvgIpc) is 3.31. The molecule has 2 heterocycles. The van der Waals surface area contributed by atoms with Gasteiger partial charge in [0.1, 0.15) is 6.10 Å². The van der Waals surface area contributed by atoms with E-state index in [1.165, 1.54) is 16.7 Å². The maximum absolute atomic E-state index is 12.6. The Labute approximate surface area is 250 Å². The van der Waals surface area contributed by atoms with E-state index >= 15 is 0 Å². The first-order valence-corrected chi connectivity index (χ1v) is 9.51. The molecular weight excluding hydrogens is 877 g/mol. The van der Waals surface area contributed by atoms with Crippen LogP contribution in [-0.2, 0) is 79.3 Å². The predicted octanol–water partition coefficient (Wildman–Crippen LogP) is 3.18. The number of hydrogen-bond acceptors (Lipinski definition) is 4. The largest absolute Gasteiger partial charge is 0.494 e. The van der Waals surface area contributed by atoms with Crippen LogP contribution in [0.15, 0.2) is 53.8 Å². The van der Waals surface area contributed by atoms with Crippen molar-refractivity contribution in [2.75, 3.05) is 4.90 Å². The van der Waals surface area contributed by atoms with Crippen LogP contribution < -0.4 is 4.90 Å². The summed E-state index contributed by atoms with van der Waals surface area (Å²) in [6.45, 7) is 3.58. The number of esters is 1. The third-order valence-electron chi connectivity index (χ3n) is 5.60. The third-order valence-corrected chi connectivity index (χ3v) is 5.60. The normalized spacial score (nSPS) is 23.9. The number of amides is 1. The first kappa shape index (κ1) is 27.7. The molecule has 0 bridgehead atoms. The molecule has 1 aliphatic carbocycles. The quantitative estimate of drug-likeness (QED) is 0.206. The summed E-state index contributed by atoms with van der Waals surface area (Å²) < 4.78 is 11.5. The van der Waals surface area contributed by atoms with Gasteiger partial charge in [-0.3, -0.25) is 17.7 Å². The molecule has 8 heteroatoms. The molecule has 0 spiro atoms. The van der Waals surface area contributed by atoms with Crippen LogP contribution in [0.2, 0.25) is 0 Å². The van der Waals surface area contributed by atoms with Crippen LogP contribution in [0.4, 0.5) is 5.69 Å². The smallest absolute Gasteiger partial charge is 0.338 e. The molecule has 1 radical (unpaired) electrons. The van der Waals surface area contributed by atoms with Crippen molar-refractivity contribution in [3.05, 3.63) is 88.7 Å². The van der Waals surface area contributed by atoms with Gasteiger partial charge in [-0.05, 0) is 11.1 Å². The van der Waals surface area contributed by atoms with E-state index in [-0.39, 0.29) is 109 Å². The molecule has 0 aromatic heterocycles. The summed E-state index contributed by atoms with van der Waals surface area (Å²) in [5, 5.41) is 0. The molecule has 2 aromatic carbocycles. The molecule has 5 rings (SSSR count). The van der Waals surface area contributed by atoms with Crippen molar-refractivity contribution >= 4 is 17.6 Å². The Morgan fingerprint density at radius 1 is 1.16 bits per heavy atom. The third kappa shape index (κ3) is 4.96. The fraction of sp³-hybridized carbons (Fsp3) is 0.250. The number of carbonyl (C=O) groups is 2. The standard InChI is InChI=1S/C24H18NO4.U.W.Y/c1-14-7-9-17(10-8-14)25-21(11-15(2)23(25)26)28-13-19-22-18-6-4-3-5-16(18)12-20(22)29-24(19)27;;;/h3-6,9-10,13,20-22H,12H2,1-2H3;;;/q-3;;;/b19-13+;;;. The summed E-state index contributed by atoms with van der Waals surface area (Å²) in [6, 6.07) is 17.6. The van der Waals surface area contributed by atoms with E-state index in [0.29, 0.717) is 23.3 Å². The van der Waals surface area contributed by atoms with E-state index in [9.17, 15) is 9.59 Å². The zero-order valence-electron chi connectivity index (χ0n) is 17.5. The van der Waals surface area contributed by atoms with E-state index in [1.807, 2.05) is 25.1 Å². The van der Waals surface area contributed by atoms with Crippen LogP contribution in [-0.4, -0.2) is 24.2 Å². The summed E-state index contributed by atoms with van der Waals surface area (Å²) in [7, 11) is 0. The molecule has 3 atom stereocenters. The van der Waals surface area contributed by atoms with Gasteiger partial charge in [-0.15, -0.1) is 0 Å². The van der Waals surface area contributed by atoms with Crippen LogP contribution in [0.25, 0.3) is 0 Å². The Hall–Kier alpha value is -0.496. The molecule has 3 unspecified atom stereocenters. The Kier molecular flexibility index (Phi) is 9.79. The van der Waals surface area contributed by atoms with E-state index in [1.54, 1.807) is 19.1 Å². The summed E-state index contributed by atoms with van der Waals surface area (Å²) in [6.07, 6.45) is 4.22. The van der Waals surface area contributed by atoms with Crippen LogP contribution >= 0.6 is 0 Å². The van der Waals surface area contributed by atoms with Gasteiger partial charge in [-0.1, -0.05) is 38.1 Å². The zero-order chi connectivity index (χ0) is 20.1. The van der Waals surface area contributed by atoms with Crippen molar-refractivity contribution in [1.29, 1.82) is 0 Å². The molecule has 1 fully saturated rings. The molecule has 1 saturated heterocycles. The fourth-order valence-electron chi connectivity index (χ4n) is 4.16. The number of anilines is 1. The van der Waals surface area contributed by atoms with E-state index < -0.39 is 6.23 Å². The molecule has 2 aliphatic heterocycles. The molecule has 0 N–H and O–H groups in total. The molecular formula is C24H18NO4UWY-3. The van der Waals surface area contributed by atoms with E-state index in [0.717, 1.165) is 11.1 Å². The van der Waals surface area contributed by atoms with Gasteiger partial charge < -0.3 is 31.3 Å². The zero-order valence-corrected chi connectivity index (χ0v) is 27.5. The Balaban J connectivity index is 0.00000121. The minimum Gasteiger partial charge on any atom is -0.494 e. The van der Waals surface area contributed by atoms with Gasteiger partial charge in [0.15, 0.2) is 0 Å². The predicted molar refractivity (Wildman–Crippen MR) is 104 cm³/mol.